The van der Waals surface area contributed by atoms with Gasteiger partial charge in [-0.3, -0.25) is 0 Å². The number of rotatable bonds is 5. The van der Waals surface area contributed by atoms with Gasteiger partial charge in [0.15, 0.2) is 0 Å². The lowest BCUT2D eigenvalue weighted by Crippen LogP contribution is -2.29. The van der Waals surface area contributed by atoms with E-state index in [1.807, 2.05) is 0 Å². The molecule has 2 fully saturated rings. The summed E-state index contributed by atoms with van der Waals surface area (Å²) in [6.45, 7) is 2.96. The number of hydrogen-bond acceptors (Lipinski definition) is 4. The fourth-order valence-electron chi connectivity index (χ4n) is 3.52. The second kappa shape index (κ2) is 6.01. The van der Waals surface area contributed by atoms with E-state index in [2.05, 4.69) is 16.5 Å². The summed E-state index contributed by atoms with van der Waals surface area (Å²) in [5.74, 6) is 2.43. The van der Waals surface area contributed by atoms with Crippen molar-refractivity contribution in [3.63, 3.8) is 0 Å². The van der Waals surface area contributed by atoms with E-state index in [9.17, 15) is 0 Å². The summed E-state index contributed by atoms with van der Waals surface area (Å²) in [6.07, 6.45) is 10.5. The van der Waals surface area contributed by atoms with Crippen LogP contribution in [0.25, 0.3) is 0 Å². The van der Waals surface area contributed by atoms with Crippen molar-refractivity contribution in [2.75, 3.05) is 19.8 Å². The molecule has 0 bridgehead atoms. The van der Waals surface area contributed by atoms with Crippen LogP contribution < -0.4 is 5.32 Å². The van der Waals surface area contributed by atoms with Crippen LogP contribution >= 0.6 is 0 Å². The third-order valence-corrected chi connectivity index (χ3v) is 5.07. The van der Waals surface area contributed by atoms with Crippen molar-refractivity contribution in [2.24, 2.45) is 11.8 Å². The number of nitrogens with zero attached hydrogens (tertiary/aromatic N) is 2. The number of aryl methyl sites for hydroxylation is 1. The Labute approximate surface area is 126 Å². The van der Waals surface area contributed by atoms with Gasteiger partial charge in [0.25, 0.3) is 0 Å². The molecule has 1 saturated carbocycles. The lowest BCUT2D eigenvalue weighted by Gasteiger charge is -2.24. The van der Waals surface area contributed by atoms with Crippen molar-refractivity contribution in [1.29, 1.82) is 0 Å². The van der Waals surface area contributed by atoms with Gasteiger partial charge in [0.05, 0.1) is 0 Å². The maximum atomic E-state index is 5.44. The molecule has 4 rings (SSSR count). The van der Waals surface area contributed by atoms with Gasteiger partial charge in [-0.25, -0.2) is 9.97 Å². The molecule has 2 heterocycles. The normalized spacial score (nSPS) is 28.6. The summed E-state index contributed by atoms with van der Waals surface area (Å²) in [5.41, 5.74) is 2.69. The molecule has 1 N–H and O–H groups in total. The van der Waals surface area contributed by atoms with Gasteiger partial charge >= 0.3 is 0 Å². The highest BCUT2D eigenvalue weighted by molar-refractivity contribution is 5.21. The minimum Gasteiger partial charge on any atom is -0.381 e. The molecule has 4 nitrogen and oxygen atoms in total. The summed E-state index contributed by atoms with van der Waals surface area (Å²) < 4.78 is 5.44. The molecule has 114 valence electrons. The molecule has 3 aliphatic rings. The zero-order valence-electron chi connectivity index (χ0n) is 12.7. The summed E-state index contributed by atoms with van der Waals surface area (Å²) in [5, 5.41) is 3.66. The number of hydrogen-bond donors (Lipinski definition) is 1. The molecule has 0 amide bonds. The van der Waals surface area contributed by atoms with Crippen LogP contribution in [0.5, 0.6) is 0 Å². The Hall–Kier alpha value is -1.00. The van der Waals surface area contributed by atoms with Crippen LogP contribution in [0.2, 0.25) is 0 Å². The Morgan fingerprint density at radius 2 is 2.14 bits per heavy atom. The third kappa shape index (κ3) is 3.43. The quantitative estimate of drug-likeness (QED) is 0.898. The standard InChI is InChI=1S/C17H25N3O/c1-4-16-14(7-12(1)9-18-15-2-3-15)10-19-17(20-16)8-13-5-6-21-11-13/h10,12-13,15,18H,1-9,11H2. The van der Waals surface area contributed by atoms with Crippen molar-refractivity contribution < 1.29 is 4.74 Å². The second-order valence-corrected chi connectivity index (χ2v) is 6.98. The molecule has 2 aliphatic carbocycles. The average Bonchev–Trinajstić information content (AvgIpc) is 3.21. The first-order chi connectivity index (χ1) is 10.4. The molecule has 2 unspecified atom stereocenters. The average molecular weight is 287 g/mol. The molecular formula is C17H25N3O. The van der Waals surface area contributed by atoms with Gasteiger partial charge in [-0.2, -0.15) is 0 Å². The van der Waals surface area contributed by atoms with Gasteiger partial charge in [-0.15, -0.1) is 0 Å². The van der Waals surface area contributed by atoms with Gasteiger partial charge in [-0.1, -0.05) is 0 Å². The highest BCUT2D eigenvalue weighted by Gasteiger charge is 2.25. The maximum Gasteiger partial charge on any atom is 0.128 e. The fourth-order valence-corrected chi connectivity index (χ4v) is 3.52. The van der Waals surface area contributed by atoms with E-state index in [1.54, 1.807) is 0 Å². The number of nitrogens with one attached hydrogen (secondary N) is 1. The first kappa shape index (κ1) is 13.6. The van der Waals surface area contributed by atoms with E-state index in [4.69, 9.17) is 9.72 Å². The highest BCUT2D eigenvalue weighted by atomic mass is 16.5. The Kier molecular flexibility index (Phi) is 3.91. The van der Waals surface area contributed by atoms with Gasteiger partial charge in [0, 0.05) is 37.6 Å². The van der Waals surface area contributed by atoms with Crippen molar-refractivity contribution in [3.8, 4) is 0 Å². The van der Waals surface area contributed by atoms with Crippen LogP contribution in [0.1, 0.15) is 42.8 Å². The lowest BCUT2D eigenvalue weighted by molar-refractivity contribution is 0.185. The number of aromatic nitrogens is 2. The largest absolute Gasteiger partial charge is 0.381 e. The van der Waals surface area contributed by atoms with E-state index in [0.717, 1.165) is 56.7 Å². The molecule has 0 radical (unpaired) electrons. The highest BCUT2D eigenvalue weighted by Crippen LogP contribution is 2.26. The van der Waals surface area contributed by atoms with E-state index in [0.29, 0.717) is 5.92 Å². The number of ether oxygens (including phenoxy) is 1. The molecule has 4 heteroatoms. The van der Waals surface area contributed by atoms with Gasteiger partial charge in [-0.05, 0) is 62.5 Å². The number of fused-ring (bicyclic) bond motifs is 1. The topological polar surface area (TPSA) is 47.0 Å². The van der Waals surface area contributed by atoms with E-state index in [-0.39, 0.29) is 0 Å². The molecule has 1 aromatic heterocycles. The first-order valence-corrected chi connectivity index (χ1v) is 8.51. The Morgan fingerprint density at radius 3 is 2.95 bits per heavy atom. The zero-order chi connectivity index (χ0) is 14.1. The summed E-state index contributed by atoms with van der Waals surface area (Å²) in [4.78, 5) is 9.44. The molecule has 0 spiro atoms. The summed E-state index contributed by atoms with van der Waals surface area (Å²) >= 11 is 0. The molecule has 2 atom stereocenters. The molecule has 21 heavy (non-hydrogen) atoms. The Morgan fingerprint density at radius 1 is 1.19 bits per heavy atom. The molecule has 0 aromatic carbocycles. The van der Waals surface area contributed by atoms with Crippen molar-refractivity contribution in [1.82, 2.24) is 15.3 Å². The summed E-state index contributed by atoms with van der Waals surface area (Å²) in [6, 6.07) is 0.818. The Balaban J connectivity index is 1.36. The molecular weight excluding hydrogens is 262 g/mol. The van der Waals surface area contributed by atoms with Crippen LogP contribution in [0, 0.1) is 11.8 Å². The van der Waals surface area contributed by atoms with Crippen LogP contribution in [0.15, 0.2) is 6.20 Å². The third-order valence-electron chi connectivity index (χ3n) is 5.07. The molecule has 1 aromatic rings. The predicted octanol–water partition coefficient (Wildman–Crippen LogP) is 1.91. The maximum absolute atomic E-state index is 5.44. The van der Waals surface area contributed by atoms with Crippen LogP contribution in [-0.4, -0.2) is 35.8 Å². The zero-order valence-corrected chi connectivity index (χ0v) is 12.7. The SMILES string of the molecule is c1nc(CC2CCOC2)nc2c1CC(CNC1CC1)CC2. The summed E-state index contributed by atoms with van der Waals surface area (Å²) in [7, 11) is 0. The van der Waals surface area contributed by atoms with E-state index in [1.165, 1.54) is 37.1 Å². The minimum absolute atomic E-state index is 0.627. The van der Waals surface area contributed by atoms with Crippen molar-refractivity contribution >= 4 is 0 Å². The van der Waals surface area contributed by atoms with Crippen LogP contribution in [0.3, 0.4) is 0 Å². The van der Waals surface area contributed by atoms with E-state index >= 15 is 0 Å². The fraction of sp³-hybridized carbons (Fsp3) is 0.765. The van der Waals surface area contributed by atoms with E-state index < -0.39 is 0 Å². The van der Waals surface area contributed by atoms with Crippen molar-refractivity contribution in [2.45, 2.75) is 51.0 Å². The Bertz CT molecular complexity index is 495. The van der Waals surface area contributed by atoms with Crippen LogP contribution in [-0.2, 0) is 24.0 Å². The van der Waals surface area contributed by atoms with Crippen molar-refractivity contribution in [3.05, 3.63) is 23.3 Å². The second-order valence-electron chi connectivity index (χ2n) is 6.98. The smallest absolute Gasteiger partial charge is 0.128 e. The van der Waals surface area contributed by atoms with Crippen LogP contribution in [0.4, 0.5) is 0 Å². The molecule has 1 aliphatic heterocycles. The van der Waals surface area contributed by atoms with Gasteiger partial charge in [0.2, 0.25) is 0 Å². The lowest BCUT2D eigenvalue weighted by atomic mass is 9.87. The first-order valence-electron chi connectivity index (χ1n) is 8.51. The molecule has 1 saturated heterocycles. The van der Waals surface area contributed by atoms with Gasteiger partial charge < -0.3 is 10.1 Å². The minimum atomic E-state index is 0.627. The monoisotopic (exact) mass is 287 g/mol. The predicted molar refractivity (Wildman–Crippen MR) is 81.2 cm³/mol. The van der Waals surface area contributed by atoms with Gasteiger partial charge in [0.1, 0.15) is 5.82 Å².